The van der Waals surface area contributed by atoms with Crippen molar-refractivity contribution < 1.29 is 22.4 Å². The van der Waals surface area contributed by atoms with E-state index in [1.807, 2.05) is 0 Å². The molecule has 1 saturated heterocycles. The lowest BCUT2D eigenvalue weighted by molar-refractivity contribution is -0.128. The minimum Gasteiger partial charge on any atom is -0.350 e. The van der Waals surface area contributed by atoms with Gasteiger partial charge >= 0.3 is 0 Å². The van der Waals surface area contributed by atoms with Crippen molar-refractivity contribution in [2.24, 2.45) is 0 Å². The van der Waals surface area contributed by atoms with Gasteiger partial charge in [-0.25, -0.2) is 0 Å². The third-order valence-corrected chi connectivity index (χ3v) is 3.77. The van der Waals surface area contributed by atoms with Gasteiger partial charge in [-0.15, -0.1) is 0 Å². The van der Waals surface area contributed by atoms with Crippen molar-refractivity contribution in [3.63, 3.8) is 0 Å². The summed E-state index contributed by atoms with van der Waals surface area (Å²) in [5.41, 5.74) is 0.139. The maximum absolute atomic E-state index is 13.6. The first-order chi connectivity index (χ1) is 11.5. The average Bonchev–Trinajstić information content (AvgIpc) is 2.96. The van der Waals surface area contributed by atoms with Gasteiger partial charge < -0.3 is 10.2 Å². The Kier molecular flexibility index (Phi) is 4.37. The number of hydrogen-bond donors (Lipinski definition) is 1. The predicted octanol–water partition coefficient (Wildman–Crippen LogP) is 3.50. The zero-order chi connectivity index (χ0) is 17.3. The SMILES string of the molecule is O=C1CCCN1Cc1ccc(Nc2c(F)c(F)nc(F)c2F)cc1. The van der Waals surface area contributed by atoms with E-state index < -0.39 is 29.2 Å². The van der Waals surface area contributed by atoms with Gasteiger partial charge in [-0.3, -0.25) is 4.79 Å². The predicted molar refractivity (Wildman–Crippen MR) is 78.4 cm³/mol. The maximum atomic E-state index is 13.6. The topological polar surface area (TPSA) is 45.2 Å². The van der Waals surface area contributed by atoms with Crippen LogP contribution in [0.25, 0.3) is 0 Å². The van der Waals surface area contributed by atoms with Gasteiger partial charge in [0.15, 0.2) is 0 Å². The number of nitrogens with one attached hydrogen (secondary N) is 1. The molecule has 0 aliphatic carbocycles. The number of aromatic nitrogens is 1. The summed E-state index contributed by atoms with van der Waals surface area (Å²) in [6.07, 6.45) is 1.37. The lowest BCUT2D eigenvalue weighted by Crippen LogP contribution is -2.23. The first kappa shape index (κ1) is 16.2. The molecule has 2 aromatic rings. The molecule has 24 heavy (non-hydrogen) atoms. The normalized spacial score (nSPS) is 14.3. The number of hydrogen-bond acceptors (Lipinski definition) is 3. The fraction of sp³-hybridized carbons (Fsp3) is 0.250. The summed E-state index contributed by atoms with van der Waals surface area (Å²) in [5.74, 6) is -6.55. The van der Waals surface area contributed by atoms with Crippen LogP contribution in [0.15, 0.2) is 24.3 Å². The molecular weight excluding hydrogens is 326 g/mol. The van der Waals surface area contributed by atoms with Crippen LogP contribution in [-0.2, 0) is 11.3 Å². The van der Waals surface area contributed by atoms with Gasteiger partial charge in [0.2, 0.25) is 17.5 Å². The number of benzene rings is 1. The molecule has 1 aliphatic heterocycles. The van der Waals surface area contributed by atoms with E-state index in [0.717, 1.165) is 12.0 Å². The fourth-order valence-corrected chi connectivity index (χ4v) is 2.53. The summed E-state index contributed by atoms with van der Waals surface area (Å²) < 4.78 is 53.3. The summed E-state index contributed by atoms with van der Waals surface area (Å²) in [6.45, 7) is 1.14. The molecule has 1 aliphatic rings. The number of nitrogens with zero attached hydrogens (tertiary/aromatic N) is 2. The summed E-state index contributed by atoms with van der Waals surface area (Å²) in [6, 6.07) is 6.34. The molecule has 8 heteroatoms. The summed E-state index contributed by atoms with van der Waals surface area (Å²) in [4.78, 5) is 15.8. The quantitative estimate of drug-likeness (QED) is 0.685. The highest BCUT2D eigenvalue weighted by Gasteiger charge is 2.21. The Bertz CT molecular complexity index is 754. The Morgan fingerprint density at radius 3 is 2.21 bits per heavy atom. The lowest BCUT2D eigenvalue weighted by Gasteiger charge is -2.16. The monoisotopic (exact) mass is 339 g/mol. The molecule has 3 rings (SSSR count). The van der Waals surface area contributed by atoms with Crippen LogP contribution in [0.4, 0.5) is 28.9 Å². The summed E-state index contributed by atoms with van der Waals surface area (Å²) in [7, 11) is 0. The molecule has 1 aromatic heterocycles. The zero-order valence-electron chi connectivity index (χ0n) is 12.5. The van der Waals surface area contributed by atoms with Crippen LogP contribution >= 0.6 is 0 Å². The minimum atomic E-state index is -1.72. The van der Waals surface area contributed by atoms with Gasteiger partial charge in [0.25, 0.3) is 11.9 Å². The molecule has 1 N–H and O–H groups in total. The van der Waals surface area contributed by atoms with E-state index in [2.05, 4.69) is 10.3 Å². The molecule has 0 unspecified atom stereocenters. The number of carbonyl (C=O) groups excluding carboxylic acids is 1. The Morgan fingerprint density at radius 1 is 1.04 bits per heavy atom. The summed E-state index contributed by atoms with van der Waals surface area (Å²) in [5, 5.41) is 2.30. The highest BCUT2D eigenvalue weighted by molar-refractivity contribution is 5.78. The molecule has 0 bridgehead atoms. The first-order valence-corrected chi connectivity index (χ1v) is 7.29. The van der Waals surface area contributed by atoms with E-state index in [4.69, 9.17) is 0 Å². The van der Waals surface area contributed by atoms with E-state index in [0.29, 0.717) is 19.5 Å². The largest absolute Gasteiger partial charge is 0.350 e. The van der Waals surface area contributed by atoms with E-state index in [-0.39, 0.29) is 11.6 Å². The number of amides is 1. The number of rotatable bonds is 4. The Hall–Kier alpha value is -2.64. The van der Waals surface area contributed by atoms with Crippen LogP contribution < -0.4 is 5.32 Å². The number of halogens is 4. The van der Waals surface area contributed by atoms with Crippen LogP contribution in [0.3, 0.4) is 0 Å². The van der Waals surface area contributed by atoms with Crippen LogP contribution in [0, 0.1) is 23.5 Å². The third kappa shape index (κ3) is 3.17. The maximum Gasteiger partial charge on any atom is 0.253 e. The molecule has 4 nitrogen and oxygen atoms in total. The second-order valence-electron chi connectivity index (χ2n) is 5.44. The van der Waals surface area contributed by atoms with Crippen molar-refractivity contribution in [2.75, 3.05) is 11.9 Å². The van der Waals surface area contributed by atoms with E-state index in [1.54, 1.807) is 17.0 Å². The lowest BCUT2D eigenvalue weighted by atomic mass is 10.2. The van der Waals surface area contributed by atoms with Crippen molar-refractivity contribution in [1.82, 2.24) is 9.88 Å². The molecule has 0 radical (unpaired) electrons. The van der Waals surface area contributed by atoms with Gasteiger partial charge in [0.1, 0.15) is 5.69 Å². The first-order valence-electron chi connectivity index (χ1n) is 7.29. The molecule has 2 heterocycles. The number of likely N-dealkylation sites (tertiary alicyclic amines) is 1. The highest BCUT2D eigenvalue weighted by Crippen LogP contribution is 2.26. The Balaban J connectivity index is 1.76. The molecule has 0 atom stereocenters. The molecule has 1 fully saturated rings. The van der Waals surface area contributed by atoms with E-state index in [1.165, 1.54) is 12.1 Å². The van der Waals surface area contributed by atoms with E-state index in [9.17, 15) is 22.4 Å². The second-order valence-corrected chi connectivity index (χ2v) is 5.44. The smallest absolute Gasteiger partial charge is 0.253 e. The van der Waals surface area contributed by atoms with Crippen LogP contribution in [0.1, 0.15) is 18.4 Å². The summed E-state index contributed by atoms with van der Waals surface area (Å²) >= 11 is 0. The standard InChI is InChI=1S/C16H13F4N3O/c17-12-14(13(18)16(20)22-15(12)19)21-10-5-3-9(4-6-10)8-23-7-1-2-11(23)24/h3-6H,1-2,7-8H2,(H,21,22). The molecule has 1 amide bonds. The van der Waals surface area contributed by atoms with Crippen molar-refractivity contribution in [1.29, 1.82) is 0 Å². The average molecular weight is 339 g/mol. The van der Waals surface area contributed by atoms with Gasteiger partial charge in [-0.1, -0.05) is 12.1 Å². The van der Waals surface area contributed by atoms with Gasteiger partial charge in [-0.2, -0.15) is 22.5 Å². The number of carbonyl (C=O) groups is 1. The highest BCUT2D eigenvalue weighted by atomic mass is 19.2. The Morgan fingerprint density at radius 2 is 1.67 bits per heavy atom. The van der Waals surface area contributed by atoms with Crippen molar-refractivity contribution >= 4 is 17.3 Å². The van der Waals surface area contributed by atoms with Crippen LogP contribution in [0.5, 0.6) is 0 Å². The third-order valence-electron chi connectivity index (χ3n) is 3.77. The van der Waals surface area contributed by atoms with Crippen LogP contribution in [0.2, 0.25) is 0 Å². The van der Waals surface area contributed by atoms with Crippen LogP contribution in [-0.4, -0.2) is 22.3 Å². The zero-order valence-corrected chi connectivity index (χ0v) is 12.5. The van der Waals surface area contributed by atoms with Gasteiger partial charge in [0, 0.05) is 25.2 Å². The molecule has 1 aromatic carbocycles. The van der Waals surface area contributed by atoms with Gasteiger partial charge in [-0.05, 0) is 24.1 Å². The molecule has 126 valence electrons. The van der Waals surface area contributed by atoms with E-state index >= 15 is 0 Å². The number of pyridine rings is 1. The van der Waals surface area contributed by atoms with Gasteiger partial charge in [0.05, 0.1) is 0 Å². The van der Waals surface area contributed by atoms with Crippen molar-refractivity contribution in [3.8, 4) is 0 Å². The molecular formula is C16H13F4N3O. The molecule has 0 saturated carbocycles. The minimum absolute atomic E-state index is 0.0871. The van der Waals surface area contributed by atoms with Crippen molar-refractivity contribution in [3.05, 3.63) is 53.4 Å². The number of anilines is 2. The second kappa shape index (κ2) is 6.46. The molecule has 0 spiro atoms. The van der Waals surface area contributed by atoms with Crippen molar-refractivity contribution in [2.45, 2.75) is 19.4 Å². The fourth-order valence-electron chi connectivity index (χ4n) is 2.53. The Labute approximate surface area is 135 Å².